The first-order chi connectivity index (χ1) is 14.6. The van der Waals surface area contributed by atoms with Crippen molar-refractivity contribution in [2.45, 2.75) is 30.7 Å². The Morgan fingerprint density at radius 1 is 1.03 bits per heavy atom. The number of nitrogens with zero attached hydrogens (tertiary/aromatic N) is 3. The van der Waals surface area contributed by atoms with Crippen LogP contribution in [-0.2, 0) is 19.2 Å². The zero-order valence-corrected chi connectivity index (χ0v) is 18.7. The summed E-state index contributed by atoms with van der Waals surface area (Å²) in [6, 6.07) is 20.6. The minimum Gasteiger partial charge on any atom is -0.493 e. The first-order valence-corrected chi connectivity index (χ1v) is 11.3. The molecule has 0 atom stereocenters. The van der Waals surface area contributed by atoms with Crippen LogP contribution >= 0.6 is 23.4 Å². The normalized spacial score (nSPS) is 11.2. The number of hydrogen-bond donors (Lipinski definition) is 0. The molecule has 6 heteroatoms. The lowest BCUT2D eigenvalue weighted by Crippen LogP contribution is -2.04. The van der Waals surface area contributed by atoms with Crippen molar-refractivity contribution in [1.82, 2.24) is 14.8 Å². The van der Waals surface area contributed by atoms with Crippen molar-refractivity contribution < 1.29 is 4.74 Å². The Balaban J connectivity index is 1.32. The molecule has 0 spiro atoms. The van der Waals surface area contributed by atoms with E-state index in [1.807, 2.05) is 32.2 Å². The lowest BCUT2D eigenvalue weighted by Gasteiger charge is -2.09. The van der Waals surface area contributed by atoms with Crippen molar-refractivity contribution in [3.8, 4) is 5.75 Å². The van der Waals surface area contributed by atoms with Crippen molar-refractivity contribution >= 4 is 34.1 Å². The van der Waals surface area contributed by atoms with Gasteiger partial charge >= 0.3 is 0 Å². The number of aryl methyl sites for hydroxylation is 2. The Morgan fingerprint density at radius 3 is 2.73 bits per heavy atom. The number of benzene rings is 3. The van der Waals surface area contributed by atoms with Gasteiger partial charge in [0.25, 0.3) is 0 Å². The highest BCUT2D eigenvalue weighted by molar-refractivity contribution is 7.98. The zero-order chi connectivity index (χ0) is 20.9. The molecule has 4 rings (SSSR count). The summed E-state index contributed by atoms with van der Waals surface area (Å²) in [6.07, 6.45) is 1.70. The Bertz CT molecular complexity index is 1150. The number of halogens is 1. The van der Waals surface area contributed by atoms with Crippen LogP contribution in [0.5, 0.6) is 5.75 Å². The van der Waals surface area contributed by atoms with Gasteiger partial charge in [-0.15, -0.1) is 10.2 Å². The summed E-state index contributed by atoms with van der Waals surface area (Å²) in [5.74, 6) is 2.72. The second kappa shape index (κ2) is 9.54. The van der Waals surface area contributed by atoms with Gasteiger partial charge in [0.05, 0.1) is 6.61 Å². The maximum absolute atomic E-state index is 6.00. The van der Waals surface area contributed by atoms with E-state index in [4.69, 9.17) is 16.3 Å². The average molecular weight is 438 g/mol. The van der Waals surface area contributed by atoms with Gasteiger partial charge in [0.15, 0.2) is 5.16 Å². The van der Waals surface area contributed by atoms with Crippen LogP contribution in [0.15, 0.2) is 65.8 Å². The molecule has 4 aromatic rings. The summed E-state index contributed by atoms with van der Waals surface area (Å²) in [5, 5.41) is 13.0. The van der Waals surface area contributed by atoms with Crippen molar-refractivity contribution in [3.05, 3.63) is 82.6 Å². The van der Waals surface area contributed by atoms with Crippen molar-refractivity contribution in [2.75, 3.05) is 6.61 Å². The molecule has 0 aliphatic heterocycles. The number of fused-ring (bicyclic) bond motifs is 1. The molecule has 4 nitrogen and oxygen atoms in total. The highest BCUT2D eigenvalue weighted by Crippen LogP contribution is 2.27. The van der Waals surface area contributed by atoms with E-state index >= 15 is 0 Å². The Morgan fingerprint density at radius 2 is 1.87 bits per heavy atom. The fourth-order valence-corrected chi connectivity index (χ4v) is 4.60. The highest BCUT2D eigenvalue weighted by atomic mass is 35.5. The maximum Gasteiger partial charge on any atom is 0.191 e. The van der Waals surface area contributed by atoms with E-state index in [-0.39, 0.29) is 0 Å². The summed E-state index contributed by atoms with van der Waals surface area (Å²) >= 11 is 7.72. The molecular weight excluding hydrogens is 414 g/mol. The molecule has 3 aromatic carbocycles. The first kappa shape index (κ1) is 20.8. The van der Waals surface area contributed by atoms with E-state index in [1.165, 1.54) is 16.3 Å². The van der Waals surface area contributed by atoms with Crippen molar-refractivity contribution in [3.63, 3.8) is 0 Å². The summed E-state index contributed by atoms with van der Waals surface area (Å²) in [5.41, 5.74) is 2.36. The summed E-state index contributed by atoms with van der Waals surface area (Å²) < 4.78 is 7.97. The third-order valence-electron chi connectivity index (χ3n) is 5.10. The molecule has 1 aromatic heterocycles. The topological polar surface area (TPSA) is 39.9 Å². The Labute approximate surface area is 186 Å². The lowest BCUT2D eigenvalue weighted by atomic mass is 10.1. The molecule has 0 aliphatic carbocycles. The number of hydrogen-bond acceptors (Lipinski definition) is 4. The predicted molar refractivity (Wildman–Crippen MR) is 125 cm³/mol. The van der Waals surface area contributed by atoms with Crippen LogP contribution in [0.3, 0.4) is 0 Å². The molecule has 0 amide bonds. The van der Waals surface area contributed by atoms with Crippen LogP contribution in [0.4, 0.5) is 0 Å². The molecule has 0 bridgehead atoms. The van der Waals surface area contributed by atoms with Crippen molar-refractivity contribution in [1.29, 1.82) is 0 Å². The van der Waals surface area contributed by atoms with E-state index in [0.29, 0.717) is 6.61 Å². The van der Waals surface area contributed by atoms with Crippen molar-refractivity contribution in [2.24, 2.45) is 7.05 Å². The number of aromatic nitrogens is 3. The highest BCUT2D eigenvalue weighted by Gasteiger charge is 2.11. The fourth-order valence-electron chi connectivity index (χ4n) is 3.44. The zero-order valence-electron chi connectivity index (χ0n) is 17.1. The molecule has 0 aliphatic rings. The van der Waals surface area contributed by atoms with E-state index in [1.54, 1.807) is 11.8 Å². The minimum absolute atomic E-state index is 0.633. The van der Waals surface area contributed by atoms with E-state index in [2.05, 4.69) is 57.2 Å². The largest absolute Gasteiger partial charge is 0.493 e. The molecule has 0 unspecified atom stereocenters. The molecule has 0 saturated carbocycles. The third kappa shape index (κ3) is 4.79. The van der Waals surface area contributed by atoms with E-state index in [0.717, 1.165) is 45.9 Å². The quantitative estimate of drug-likeness (QED) is 0.242. The van der Waals surface area contributed by atoms with Gasteiger partial charge in [0.1, 0.15) is 11.6 Å². The molecule has 30 heavy (non-hydrogen) atoms. The van der Waals surface area contributed by atoms with Crippen LogP contribution in [-0.4, -0.2) is 21.4 Å². The molecule has 0 saturated heterocycles. The molecule has 0 radical (unpaired) electrons. The SMILES string of the molecule is Cc1cc(Cl)ccc1OCCCc1nnc(SCc2cccc3ccccc23)n1C. The second-order valence-electron chi connectivity index (χ2n) is 7.25. The fraction of sp³-hybridized carbons (Fsp3) is 0.250. The van der Waals surface area contributed by atoms with Gasteiger partial charge in [0, 0.05) is 24.2 Å². The number of rotatable bonds is 8. The number of thioether (sulfide) groups is 1. The van der Waals surface area contributed by atoms with Gasteiger partial charge in [-0.05, 0) is 53.4 Å². The standard InChI is InChI=1S/C24H24ClN3OS/c1-17-15-20(25)12-13-22(17)29-14-6-11-23-26-27-24(28(23)2)30-16-19-9-5-8-18-7-3-4-10-21(18)19/h3-5,7-10,12-13,15H,6,11,14,16H2,1-2H3. The Kier molecular flexibility index (Phi) is 6.60. The van der Waals surface area contributed by atoms with Gasteiger partial charge in [0.2, 0.25) is 0 Å². The second-order valence-corrected chi connectivity index (χ2v) is 8.63. The summed E-state index contributed by atoms with van der Waals surface area (Å²) in [6.45, 7) is 2.64. The van der Waals surface area contributed by atoms with E-state index in [9.17, 15) is 0 Å². The van der Waals surface area contributed by atoms with Gasteiger partial charge in [-0.1, -0.05) is 65.8 Å². The molecular formula is C24H24ClN3OS. The Hall–Kier alpha value is -2.50. The molecule has 154 valence electrons. The smallest absolute Gasteiger partial charge is 0.191 e. The van der Waals surface area contributed by atoms with Crippen LogP contribution in [0.2, 0.25) is 5.02 Å². The molecule has 1 heterocycles. The summed E-state index contributed by atoms with van der Waals surface area (Å²) in [4.78, 5) is 0. The van der Waals surface area contributed by atoms with Gasteiger partial charge < -0.3 is 9.30 Å². The van der Waals surface area contributed by atoms with Gasteiger partial charge in [-0.3, -0.25) is 0 Å². The van der Waals surface area contributed by atoms with Crippen LogP contribution < -0.4 is 4.74 Å². The lowest BCUT2D eigenvalue weighted by molar-refractivity contribution is 0.307. The molecule has 0 N–H and O–H groups in total. The maximum atomic E-state index is 6.00. The molecule has 0 fully saturated rings. The predicted octanol–water partition coefficient (Wildman–Crippen LogP) is 6.23. The number of ether oxygens (including phenoxy) is 1. The van der Waals surface area contributed by atoms with Gasteiger partial charge in [-0.25, -0.2) is 0 Å². The minimum atomic E-state index is 0.633. The summed E-state index contributed by atoms with van der Waals surface area (Å²) in [7, 11) is 2.03. The van der Waals surface area contributed by atoms with E-state index < -0.39 is 0 Å². The van der Waals surface area contributed by atoms with Crippen LogP contribution in [0.1, 0.15) is 23.4 Å². The average Bonchev–Trinajstić information content (AvgIpc) is 3.10. The van der Waals surface area contributed by atoms with Crippen LogP contribution in [0.25, 0.3) is 10.8 Å². The van der Waals surface area contributed by atoms with Crippen LogP contribution in [0, 0.1) is 6.92 Å². The third-order valence-corrected chi connectivity index (χ3v) is 6.41. The first-order valence-electron chi connectivity index (χ1n) is 9.98. The van der Waals surface area contributed by atoms with Gasteiger partial charge in [-0.2, -0.15) is 0 Å². The monoisotopic (exact) mass is 437 g/mol.